The van der Waals surface area contributed by atoms with E-state index in [1.54, 1.807) is 18.2 Å². The van der Waals surface area contributed by atoms with Crippen LogP contribution in [0.15, 0.2) is 77.3 Å². The van der Waals surface area contributed by atoms with Crippen LogP contribution in [0.3, 0.4) is 0 Å². The van der Waals surface area contributed by atoms with Crippen LogP contribution in [0, 0.1) is 5.92 Å². The molecule has 0 saturated heterocycles. The normalized spacial score (nSPS) is 10.6. The average molecular weight is 542 g/mol. The number of hydrogen-bond donors (Lipinski definition) is 2. The van der Waals surface area contributed by atoms with Crippen molar-refractivity contribution in [1.29, 1.82) is 0 Å². The average Bonchev–Trinajstić information content (AvgIpc) is 2.81. The molecule has 0 aliphatic heterocycles. The van der Waals surface area contributed by atoms with Gasteiger partial charge in [-0.25, -0.2) is 0 Å². The second kappa shape index (κ2) is 13.1. The van der Waals surface area contributed by atoms with Crippen molar-refractivity contribution in [3.05, 3.63) is 88.4 Å². The largest absolute Gasteiger partial charge is 0.494 e. The molecule has 3 rings (SSSR count). The zero-order chi connectivity index (χ0) is 24.3. The first-order chi connectivity index (χ1) is 16.4. The molecule has 178 valence electrons. The summed E-state index contributed by atoms with van der Waals surface area (Å²) in [4.78, 5) is 12.6. The summed E-state index contributed by atoms with van der Waals surface area (Å²) < 4.78 is 12.3. The SMILES string of the molecule is CC(C)CCOc1ccc(NC(=S)NC(=O)c2ccc(OCCc3ccccc3)c(Br)c2)cc1. The van der Waals surface area contributed by atoms with Gasteiger partial charge < -0.3 is 14.8 Å². The molecule has 1 amide bonds. The summed E-state index contributed by atoms with van der Waals surface area (Å²) in [7, 11) is 0. The van der Waals surface area contributed by atoms with Crippen molar-refractivity contribution in [2.45, 2.75) is 26.7 Å². The highest BCUT2D eigenvalue weighted by molar-refractivity contribution is 9.10. The third-order valence-electron chi connectivity index (χ3n) is 4.99. The van der Waals surface area contributed by atoms with E-state index < -0.39 is 0 Å². The molecule has 0 unspecified atom stereocenters. The second-order valence-electron chi connectivity index (χ2n) is 8.19. The van der Waals surface area contributed by atoms with Crippen LogP contribution in [0.4, 0.5) is 5.69 Å². The first-order valence-corrected chi connectivity index (χ1v) is 12.4. The zero-order valence-corrected chi connectivity index (χ0v) is 21.7. The van der Waals surface area contributed by atoms with Gasteiger partial charge in [0.05, 0.1) is 17.7 Å². The Morgan fingerprint density at radius 2 is 1.71 bits per heavy atom. The molecule has 0 radical (unpaired) electrons. The summed E-state index contributed by atoms with van der Waals surface area (Å²) in [5, 5.41) is 5.95. The van der Waals surface area contributed by atoms with E-state index in [-0.39, 0.29) is 11.0 Å². The molecule has 0 fully saturated rings. The minimum absolute atomic E-state index is 0.220. The van der Waals surface area contributed by atoms with Crippen molar-refractivity contribution in [2.24, 2.45) is 5.92 Å². The van der Waals surface area contributed by atoms with Gasteiger partial charge in [0.1, 0.15) is 11.5 Å². The summed E-state index contributed by atoms with van der Waals surface area (Å²) in [6.45, 7) is 5.56. The number of carbonyl (C=O) groups excluding carboxylic acids is 1. The molecule has 0 bridgehead atoms. The van der Waals surface area contributed by atoms with Crippen LogP contribution in [0.2, 0.25) is 0 Å². The molecular weight excluding hydrogens is 512 g/mol. The topological polar surface area (TPSA) is 59.6 Å². The van der Waals surface area contributed by atoms with Crippen LogP contribution in [0.1, 0.15) is 36.2 Å². The molecule has 0 aliphatic rings. The van der Waals surface area contributed by atoms with Crippen molar-refractivity contribution >= 4 is 44.9 Å². The van der Waals surface area contributed by atoms with Gasteiger partial charge in [-0.1, -0.05) is 44.2 Å². The van der Waals surface area contributed by atoms with E-state index >= 15 is 0 Å². The first-order valence-electron chi connectivity index (χ1n) is 11.2. The van der Waals surface area contributed by atoms with Gasteiger partial charge in [-0.15, -0.1) is 0 Å². The molecule has 7 heteroatoms. The molecule has 0 aliphatic carbocycles. The maximum atomic E-state index is 12.6. The standard InChI is InChI=1S/C27H29BrN2O3S/c1-19(2)14-16-32-23-11-9-22(10-12-23)29-27(34)30-26(31)21-8-13-25(24(28)18-21)33-17-15-20-6-4-3-5-7-20/h3-13,18-19H,14-17H2,1-2H3,(H2,29,30,31,34). The Morgan fingerprint density at radius 3 is 2.38 bits per heavy atom. The maximum absolute atomic E-state index is 12.6. The molecule has 0 aromatic heterocycles. The highest BCUT2D eigenvalue weighted by Crippen LogP contribution is 2.26. The van der Waals surface area contributed by atoms with Crippen LogP contribution in [-0.2, 0) is 6.42 Å². The van der Waals surface area contributed by atoms with Crippen LogP contribution < -0.4 is 20.1 Å². The summed E-state index contributed by atoms with van der Waals surface area (Å²) in [6, 6.07) is 22.8. The highest BCUT2D eigenvalue weighted by Gasteiger charge is 2.11. The van der Waals surface area contributed by atoms with E-state index in [1.807, 2.05) is 42.5 Å². The number of anilines is 1. The molecular formula is C27H29BrN2O3S. The van der Waals surface area contributed by atoms with Crippen LogP contribution in [0.5, 0.6) is 11.5 Å². The number of halogens is 1. The van der Waals surface area contributed by atoms with Crippen molar-refractivity contribution in [2.75, 3.05) is 18.5 Å². The van der Waals surface area contributed by atoms with E-state index in [2.05, 4.69) is 52.5 Å². The molecule has 34 heavy (non-hydrogen) atoms. The fourth-order valence-electron chi connectivity index (χ4n) is 3.07. The van der Waals surface area contributed by atoms with E-state index in [9.17, 15) is 4.79 Å². The fourth-order valence-corrected chi connectivity index (χ4v) is 3.77. The lowest BCUT2D eigenvalue weighted by Crippen LogP contribution is -2.34. The van der Waals surface area contributed by atoms with Crippen molar-refractivity contribution in [1.82, 2.24) is 5.32 Å². The van der Waals surface area contributed by atoms with Gasteiger partial charge in [-0.05, 0) is 88.5 Å². The lowest BCUT2D eigenvalue weighted by atomic mass is 10.1. The molecule has 0 saturated carbocycles. The van der Waals surface area contributed by atoms with E-state index in [0.29, 0.717) is 34.9 Å². The van der Waals surface area contributed by atoms with E-state index in [4.69, 9.17) is 21.7 Å². The summed E-state index contributed by atoms with van der Waals surface area (Å²) in [6.07, 6.45) is 1.81. The number of carbonyl (C=O) groups is 1. The van der Waals surface area contributed by atoms with Crippen molar-refractivity contribution < 1.29 is 14.3 Å². The minimum atomic E-state index is -0.303. The fraction of sp³-hybridized carbons (Fsp3) is 0.259. The zero-order valence-electron chi connectivity index (χ0n) is 19.3. The number of benzene rings is 3. The Balaban J connectivity index is 1.47. The van der Waals surface area contributed by atoms with Gasteiger partial charge in [0.15, 0.2) is 5.11 Å². The lowest BCUT2D eigenvalue weighted by Gasteiger charge is -2.12. The van der Waals surface area contributed by atoms with Gasteiger partial charge in [0.2, 0.25) is 0 Å². The van der Waals surface area contributed by atoms with Gasteiger partial charge in [0, 0.05) is 17.7 Å². The first kappa shape index (κ1) is 25.7. The Bertz CT molecular complexity index is 1090. The molecule has 0 heterocycles. The number of amides is 1. The Kier molecular flexibility index (Phi) is 9.91. The highest BCUT2D eigenvalue weighted by atomic mass is 79.9. The number of thiocarbonyl (C=S) groups is 1. The molecule has 2 N–H and O–H groups in total. The van der Waals surface area contributed by atoms with Gasteiger partial charge in [-0.2, -0.15) is 0 Å². The maximum Gasteiger partial charge on any atom is 0.257 e. The summed E-state index contributed by atoms with van der Waals surface area (Å²) in [5.74, 6) is 1.79. The van der Waals surface area contributed by atoms with E-state index in [0.717, 1.165) is 24.3 Å². The number of ether oxygens (including phenoxy) is 2. The number of nitrogens with one attached hydrogen (secondary N) is 2. The van der Waals surface area contributed by atoms with E-state index in [1.165, 1.54) is 5.56 Å². The predicted octanol–water partition coefficient (Wildman–Crippen LogP) is 6.62. The molecule has 0 spiro atoms. The van der Waals surface area contributed by atoms with Crippen LogP contribution in [0.25, 0.3) is 0 Å². The Morgan fingerprint density at radius 1 is 0.971 bits per heavy atom. The van der Waals surface area contributed by atoms with Crippen LogP contribution in [-0.4, -0.2) is 24.2 Å². The Hall–Kier alpha value is -2.90. The number of rotatable bonds is 10. The molecule has 3 aromatic rings. The summed E-state index contributed by atoms with van der Waals surface area (Å²) >= 11 is 8.78. The molecule has 0 atom stereocenters. The lowest BCUT2D eigenvalue weighted by molar-refractivity contribution is 0.0977. The molecule has 5 nitrogen and oxygen atoms in total. The second-order valence-corrected chi connectivity index (χ2v) is 9.46. The van der Waals surface area contributed by atoms with Crippen molar-refractivity contribution in [3.8, 4) is 11.5 Å². The minimum Gasteiger partial charge on any atom is -0.494 e. The predicted molar refractivity (Wildman–Crippen MR) is 145 cm³/mol. The van der Waals surface area contributed by atoms with Gasteiger partial charge >= 0.3 is 0 Å². The number of hydrogen-bond acceptors (Lipinski definition) is 4. The monoisotopic (exact) mass is 540 g/mol. The van der Waals surface area contributed by atoms with Crippen LogP contribution >= 0.6 is 28.1 Å². The third kappa shape index (κ3) is 8.47. The third-order valence-corrected chi connectivity index (χ3v) is 5.81. The quantitative estimate of drug-likeness (QED) is 0.283. The molecule has 3 aromatic carbocycles. The summed E-state index contributed by atoms with van der Waals surface area (Å²) in [5.41, 5.74) is 2.45. The van der Waals surface area contributed by atoms with Gasteiger partial charge in [-0.3, -0.25) is 10.1 Å². The van der Waals surface area contributed by atoms with Crippen molar-refractivity contribution in [3.63, 3.8) is 0 Å². The Labute approximate surface area is 215 Å². The smallest absolute Gasteiger partial charge is 0.257 e. The van der Waals surface area contributed by atoms with Gasteiger partial charge in [0.25, 0.3) is 5.91 Å².